The lowest BCUT2D eigenvalue weighted by atomic mass is 9.87. The number of carbonyl (C=O) groups is 5. The molecule has 2 aliphatic heterocycles. The summed E-state index contributed by atoms with van der Waals surface area (Å²) >= 11 is 0. The molecule has 4 atom stereocenters. The van der Waals surface area contributed by atoms with Gasteiger partial charge >= 0.3 is 5.97 Å². The van der Waals surface area contributed by atoms with Gasteiger partial charge in [-0.2, -0.15) is 0 Å². The zero-order valence-electron chi connectivity index (χ0n) is 31.0. The molecule has 53 heavy (non-hydrogen) atoms. The number of Topliss-reactive ketones (excluding diaryl/α,β-unsaturated/α-hetero) is 1. The van der Waals surface area contributed by atoms with Crippen LogP contribution in [0, 0.1) is 0 Å². The summed E-state index contributed by atoms with van der Waals surface area (Å²) in [5.74, 6) is -0.604. The number of nitrogens with zero attached hydrogens (tertiary/aromatic N) is 2. The first kappa shape index (κ1) is 39.0. The van der Waals surface area contributed by atoms with Gasteiger partial charge in [0.05, 0.1) is 32.7 Å². The van der Waals surface area contributed by atoms with Gasteiger partial charge in [0.15, 0.2) is 0 Å². The Morgan fingerprint density at radius 3 is 2.34 bits per heavy atom. The van der Waals surface area contributed by atoms with Crippen molar-refractivity contribution < 1.29 is 38.2 Å². The van der Waals surface area contributed by atoms with E-state index in [-0.39, 0.29) is 29.9 Å². The molecule has 2 aliphatic rings. The predicted molar refractivity (Wildman–Crippen MR) is 199 cm³/mol. The molecule has 0 saturated carbocycles. The number of benzene rings is 3. The summed E-state index contributed by atoms with van der Waals surface area (Å²) in [6, 6.07) is 20.8. The Labute approximate surface area is 311 Å². The molecule has 0 radical (unpaired) electrons. The molecule has 0 fully saturated rings. The third kappa shape index (κ3) is 9.81. The van der Waals surface area contributed by atoms with E-state index in [1.165, 1.54) is 14.0 Å². The van der Waals surface area contributed by atoms with Crippen molar-refractivity contribution >= 4 is 29.5 Å². The van der Waals surface area contributed by atoms with E-state index < -0.39 is 30.1 Å². The first-order valence-electron chi connectivity index (χ1n) is 18.3. The van der Waals surface area contributed by atoms with E-state index in [1.807, 2.05) is 59.5 Å². The summed E-state index contributed by atoms with van der Waals surface area (Å²) in [5.41, 5.74) is 2.68. The second-order valence-electron chi connectivity index (χ2n) is 13.5. The molecule has 12 heteroatoms. The molecule has 282 valence electrons. The first-order chi connectivity index (χ1) is 25.6. The summed E-state index contributed by atoms with van der Waals surface area (Å²) in [6.07, 6.45) is 1.37. The van der Waals surface area contributed by atoms with Crippen molar-refractivity contribution in [1.29, 1.82) is 0 Å². The summed E-state index contributed by atoms with van der Waals surface area (Å²) in [6.45, 7) is 4.96. The van der Waals surface area contributed by atoms with Crippen molar-refractivity contribution in [3.63, 3.8) is 0 Å². The largest absolute Gasteiger partial charge is 0.497 e. The molecule has 2 N–H and O–H groups in total. The number of rotatable bonds is 10. The van der Waals surface area contributed by atoms with Crippen molar-refractivity contribution in [2.75, 3.05) is 46.9 Å². The lowest BCUT2D eigenvalue weighted by Crippen LogP contribution is -2.42. The maximum Gasteiger partial charge on any atom is 0.307 e. The highest BCUT2D eigenvalue weighted by molar-refractivity contribution is 5.94. The highest BCUT2D eigenvalue weighted by Crippen LogP contribution is 2.48. The predicted octanol–water partition coefficient (Wildman–Crippen LogP) is 4.75. The number of ketones is 1. The van der Waals surface area contributed by atoms with Gasteiger partial charge in [-0.3, -0.25) is 24.0 Å². The molecule has 0 saturated heterocycles. The zero-order chi connectivity index (χ0) is 37.9. The van der Waals surface area contributed by atoms with Crippen LogP contribution in [0.25, 0.3) is 0 Å². The number of esters is 1. The average Bonchev–Trinajstić information content (AvgIpc) is 3.55. The van der Waals surface area contributed by atoms with Crippen LogP contribution >= 0.6 is 0 Å². The fraction of sp³-hybridized carbons (Fsp3) is 0.439. The first-order valence-corrected chi connectivity index (χ1v) is 18.3. The van der Waals surface area contributed by atoms with Gasteiger partial charge < -0.3 is 34.6 Å². The van der Waals surface area contributed by atoms with Crippen LogP contribution in [0.4, 0.5) is 0 Å². The van der Waals surface area contributed by atoms with E-state index in [2.05, 4.69) is 10.6 Å². The van der Waals surface area contributed by atoms with E-state index in [0.717, 1.165) is 5.56 Å². The van der Waals surface area contributed by atoms with Gasteiger partial charge in [0, 0.05) is 44.2 Å². The third-order valence-electron chi connectivity index (χ3n) is 10.0. The molecule has 5 rings (SSSR count). The van der Waals surface area contributed by atoms with Crippen LogP contribution < -0.4 is 20.1 Å². The van der Waals surface area contributed by atoms with Gasteiger partial charge in [0.1, 0.15) is 29.3 Å². The van der Waals surface area contributed by atoms with Crippen molar-refractivity contribution in [1.82, 2.24) is 20.4 Å². The Balaban J connectivity index is 1.53. The lowest BCUT2D eigenvalue weighted by molar-refractivity contribution is -0.143. The van der Waals surface area contributed by atoms with Gasteiger partial charge in [-0.1, -0.05) is 36.4 Å². The van der Waals surface area contributed by atoms with Crippen molar-refractivity contribution in [3.05, 3.63) is 95.1 Å². The van der Waals surface area contributed by atoms with Crippen LogP contribution in [-0.4, -0.2) is 92.3 Å². The molecule has 3 amide bonds. The fourth-order valence-electron chi connectivity index (χ4n) is 7.14. The molecule has 3 aromatic carbocycles. The molecule has 0 aliphatic carbocycles. The second kappa shape index (κ2) is 18.5. The summed E-state index contributed by atoms with van der Waals surface area (Å²) < 4.78 is 17.0. The minimum Gasteiger partial charge on any atom is -0.497 e. The molecule has 2 heterocycles. The minimum absolute atomic E-state index is 0.0145. The van der Waals surface area contributed by atoms with Gasteiger partial charge in [0.25, 0.3) is 5.91 Å². The molecule has 3 aromatic rings. The number of carbonyl (C=O) groups excluding carboxylic acids is 5. The fourth-order valence-corrected chi connectivity index (χ4v) is 7.14. The van der Waals surface area contributed by atoms with Crippen molar-refractivity contribution in [3.8, 4) is 11.5 Å². The van der Waals surface area contributed by atoms with Gasteiger partial charge in [-0.15, -0.1) is 0 Å². The molecular weight excluding hydrogens is 676 g/mol. The smallest absolute Gasteiger partial charge is 0.307 e. The number of fused-ring (bicyclic) bond motifs is 1. The molecular formula is C41H50N4O8. The van der Waals surface area contributed by atoms with Crippen LogP contribution in [0.3, 0.4) is 0 Å². The Morgan fingerprint density at radius 2 is 1.66 bits per heavy atom. The molecule has 12 nitrogen and oxygen atoms in total. The number of nitrogens with one attached hydrogen (secondary N) is 2. The standard InChI is InChI=1S/C41H50N4O8/c1-27(46)34-13-8-24-45(28(2)47)35(26-37(48)52-4)31-16-19-36-33(25-31)38(39(53-36)29-14-17-32(51-3)18-15-29)41(50)44(22-9-20-42-34)23-10-21-43-40(49)30-11-6-5-7-12-30/h5-7,11-12,14-19,25,34-35,38-39,42H,8-10,13,20-24,26H2,1-4H3,(H,43,49)/t34?,35-,38-,39+/m0/s1. The summed E-state index contributed by atoms with van der Waals surface area (Å²) in [7, 11) is 2.90. The zero-order valence-corrected chi connectivity index (χ0v) is 31.0. The molecule has 1 unspecified atom stereocenters. The monoisotopic (exact) mass is 726 g/mol. The van der Waals surface area contributed by atoms with E-state index in [0.29, 0.717) is 86.6 Å². The molecule has 0 aromatic heterocycles. The quantitative estimate of drug-likeness (QED) is 0.224. The van der Waals surface area contributed by atoms with E-state index >= 15 is 0 Å². The van der Waals surface area contributed by atoms with Crippen LogP contribution in [-0.2, 0) is 23.9 Å². The topological polar surface area (TPSA) is 144 Å². The van der Waals surface area contributed by atoms with Crippen LogP contribution in [0.2, 0.25) is 0 Å². The summed E-state index contributed by atoms with van der Waals surface area (Å²) in [4.78, 5) is 69.7. The Bertz CT molecular complexity index is 1750. The van der Waals surface area contributed by atoms with Gasteiger partial charge in [0.2, 0.25) is 11.8 Å². The van der Waals surface area contributed by atoms with Crippen LogP contribution in [0.15, 0.2) is 72.8 Å². The number of hydrogen-bond acceptors (Lipinski definition) is 9. The molecule has 0 spiro atoms. The normalized spacial score (nSPS) is 20.6. The number of amides is 3. The number of ether oxygens (including phenoxy) is 3. The SMILES string of the molecule is COC(=O)C[C@H]1c2ccc3c(c2)[C@H](C(=O)N(CCCNC(=O)c2ccccc2)CCCNC(C(C)=O)CCCN1C(C)=O)[C@@H](c1ccc(OC)cc1)O3. The van der Waals surface area contributed by atoms with Crippen LogP contribution in [0.5, 0.6) is 11.5 Å². The second-order valence-corrected chi connectivity index (χ2v) is 13.5. The number of hydrogen-bond donors (Lipinski definition) is 2. The lowest BCUT2D eigenvalue weighted by Gasteiger charge is -2.32. The maximum atomic E-state index is 14.9. The highest BCUT2D eigenvalue weighted by atomic mass is 16.5. The minimum atomic E-state index is -0.757. The average molecular weight is 727 g/mol. The third-order valence-corrected chi connectivity index (χ3v) is 10.0. The van der Waals surface area contributed by atoms with Crippen molar-refractivity contribution in [2.45, 2.75) is 70.1 Å². The van der Waals surface area contributed by atoms with E-state index in [4.69, 9.17) is 14.2 Å². The van der Waals surface area contributed by atoms with E-state index in [1.54, 1.807) is 37.1 Å². The van der Waals surface area contributed by atoms with E-state index in [9.17, 15) is 24.0 Å². The van der Waals surface area contributed by atoms with Gasteiger partial charge in [-0.25, -0.2) is 0 Å². The molecule has 2 bridgehead atoms. The number of methoxy groups -OCH3 is 2. The van der Waals surface area contributed by atoms with Crippen LogP contribution in [0.1, 0.15) is 91.1 Å². The maximum absolute atomic E-state index is 14.9. The van der Waals surface area contributed by atoms with Crippen molar-refractivity contribution in [2.24, 2.45) is 0 Å². The Morgan fingerprint density at radius 1 is 0.925 bits per heavy atom. The van der Waals surface area contributed by atoms with Gasteiger partial charge in [-0.05, 0) is 86.7 Å². The summed E-state index contributed by atoms with van der Waals surface area (Å²) in [5, 5.41) is 6.32. The Kier molecular flexibility index (Phi) is 13.6. The highest BCUT2D eigenvalue weighted by Gasteiger charge is 2.43. The Hall–Kier alpha value is -5.23.